The Morgan fingerprint density at radius 3 is 3.08 bits per heavy atom. The standard InChI is InChI=1S/C19H26N4O3/c1-2-3-4-7-15(12-23(25)13-24)18-21-22-19(26-18)16-10-5-8-14-9-6-11-20-17(14)16/h5,8,10,13,15,20,25H,2-4,6-7,9,11-12H2,1H3/t15-/m1/s1. The van der Waals surface area contributed by atoms with E-state index in [-0.39, 0.29) is 12.5 Å². The summed E-state index contributed by atoms with van der Waals surface area (Å²) >= 11 is 0. The van der Waals surface area contributed by atoms with Gasteiger partial charge in [0.15, 0.2) is 0 Å². The third kappa shape index (κ3) is 4.22. The van der Waals surface area contributed by atoms with Crippen molar-refractivity contribution in [3.05, 3.63) is 29.7 Å². The number of rotatable bonds is 9. The lowest BCUT2D eigenvalue weighted by molar-refractivity contribution is -0.151. The molecule has 2 aromatic rings. The van der Waals surface area contributed by atoms with E-state index in [2.05, 4.69) is 28.5 Å². The van der Waals surface area contributed by atoms with Crippen LogP contribution in [0.25, 0.3) is 11.5 Å². The van der Waals surface area contributed by atoms with Crippen LogP contribution >= 0.6 is 0 Å². The lowest BCUT2D eigenvalue weighted by Gasteiger charge is -2.19. The van der Waals surface area contributed by atoms with Crippen molar-refractivity contribution in [3.63, 3.8) is 0 Å². The molecule has 0 aliphatic carbocycles. The highest BCUT2D eigenvalue weighted by molar-refractivity contribution is 5.76. The van der Waals surface area contributed by atoms with Gasteiger partial charge in [0.25, 0.3) is 0 Å². The largest absolute Gasteiger partial charge is 0.420 e. The molecular formula is C19H26N4O3. The fourth-order valence-electron chi connectivity index (χ4n) is 3.40. The summed E-state index contributed by atoms with van der Waals surface area (Å²) in [7, 11) is 0. The van der Waals surface area contributed by atoms with Crippen LogP contribution in [0.3, 0.4) is 0 Å². The summed E-state index contributed by atoms with van der Waals surface area (Å²) in [6, 6.07) is 6.10. The minimum absolute atomic E-state index is 0.153. The Balaban J connectivity index is 1.83. The number of hydrogen-bond acceptors (Lipinski definition) is 6. The van der Waals surface area contributed by atoms with Gasteiger partial charge in [0.1, 0.15) is 0 Å². The average Bonchev–Trinajstić information content (AvgIpc) is 3.16. The van der Waals surface area contributed by atoms with Crippen LogP contribution < -0.4 is 5.32 Å². The van der Waals surface area contributed by atoms with Crippen LogP contribution in [0.15, 0.2) is 22.6 Å². The molecule has 3 rings (SSSR count). The van der Waals surface area contributed by atoms with Crippen molar-refractivity contribution in [1.82, 2.24) is 15.3 Å². The van der Waals surface area contributed by atoms with Gasteiger partial charge in [-0.3, -0.25) is 10.0 Å². The summed E-state index contributed by atoms with van der Waals surface area (Å²) in [6.45, 7) is 3.22. The van der Waals surface area contributed by atoms with Gasteiger partial charge in [-0.15, -0.1) is 10.2 Å². The smallest absolute Gasteiger partial charge is 0.249 e. The molecule has 2 N–H and O–H groups in total. The summed E-state index contributed by atoms with van der Waals surface area (Å²) in [5, 5.41) is 22.1. The van der Waals surface area contributed by atoms with Gasteiger partial charge in [-0.25, -0.2) is 5.06 Å². The Bertz CT molecular complexity index is 731. The van der Waals surface area contributed by atoms with E-state index >= 15 is 0 Å². The SMILES string of the molecule is CCCCC[C@H](CN(O)C=O)c1nnc(-c2cccc3c2NCCC3)o1. The normalized spacial score (nSPS) is 14.4. The van der Waals surface area contributed by atoms with E-state index in [4.69, 9.17) is 4.42 Å². The fraction of sp³-hybridized carbons (Fsp3) is 0.526. The molecule has 1 amide bonds. The van der Waals surface area contributed by atoms with Crippen LogP contribution in [-0.2, 0) is 11.2 Å². The number of unbranched alkanes of at least 4 members (excludes halogenated alkanes) is 2. The van der Waals surface area contributed by atoms with Crippen LogP contribution in [0, 0.1) is 0 Å². The van der Waals surface area contributed by atoms with Crippen LogP contribution in [0.1, 0.15) is 56.4 Å². The summed E-state index contributed by atoms with van der Waals surface area (Å²) in [4.78, 5) is 10.8. The predicted octanol–water partition coefficient (Wildman–Crippen LogP) is 3.61. The number of carbonyl (C=O) groups excluding carboxylic acids is 1. The van der Waals surface area contributed by atoms with Gasteiger partial charge in [0.2, 0.25) is 18.2 Å². The molecule has 0 saturated heterocycles. The van der Waals surface area contributed by atoms with E-state index in [0.717, 1.165) is 56.3 Å². The van der Waals surface area contributed by atoms with Gasteiger partial charge >= 0.3 is 0 Å². The van der Waals surface area contributed by atoms with Gasteiger partial charge in [-0.1, -0.05) is 38.3 Å². The minimum Gasteiger partial charge on any atom is -0.420 e. The highest BCUT2D eigenvalue weighted by atomic mass is 16.5. The highest BCUT2D eigenvalue weighted by Crippen LogP contribution is 2.34. The van der Waals surface area contributed by atoms with Crippen molar-refractivity contribution < 1.29 is 14.4 Å². The van der Waals surface area contributed by atoms with Crippen LogP contribution in [-0.4, -0.2) is 40.0 Å². The molecular weight excluding hydrogens is 332 g/mol. The highest BCUT2D eigenvalue weighted by Gasteiger charge is 2.23. The van der Waals surface area contributed by atoms with Crippen molar-refractivity contribution in [2.45, 2.75) is 51.4 Å². The van der Waals surface area contributed by atoms with E-state index in [1.165, 1.54) is 5.56 Å². The number of aromatic nitrogens is 2. The molecule has 1 aromatic heterocycles. The Hall–Kier alpha value is -2.41. The number of carbonyl (C=O) groups is 1. The lowest BCUT2D eigenvalue weighted by atomic mass is 9.99. The summed E-state index contributed by atoms with van der Waals surface area (Å²) in [6.07, 6.45) is 6.50. The molecule has 140 valence electrons. The second kappa shape index (κ2) is 8.80. The first-order valence-electron chi connectivity index (χ1n) is 9.33. The van der Waals surface area contributed by atoms with Crippen LogP contribution in [0.4, 0.5) is 5.69 Å². The minimum atomic E-state index is -0.175. The van der Waals surface area contributed by atoms with Gasteiger partial charge in [0, 0.05) is 6.54 Å². The first-order chi connectivity index (χ1) is 12.7. The number of hydroxylamine groups is 2. The van der Waals surface area contributed by atoms with E-state index < -0.39 is 0 Å². The maximum absolute atomic E-state index is 10.8. The number of nitrogens with one attached hydrogen (secondary N) is 1. The summed E-state index contributed by atoms with van der Waals surface area (Å²) in [5.74, 6) is 0.762. The molecule has 1 atom stereocenters. The molecule has 26 heavy (non-hydrogen) atoms. The number of nitrogens with zero attached hydrogens (tertiary/aromatic N) is 3. The second-order valence-electron chi connectivity index (χ2n) is 6.74. The van der Waals surface area contributed by atoms with Crippen molar-refractivity contribution in [1.29, 1.82) is 0 Å². The zero-order valence-electron chi connectivity index (χ0n) is 15.1. The van der Waals surface area contributed by atoms with Gasteiger partial charge in [0.05, 0.1) is 23.7 Å². The second-order valence-corrected chi connectivity index (χ2v) is 6.74. The molecule has 0 spiro atoms. The summed E-state index contributed by atoms with van der Waals surface area (Å²) in [5.41, 5.74) is 3.23. The van der Waals surface area contributed by atoms with Crippen molar-refractivity contribution in [3.8, 4) is 11.5 Å². The van der Waals surface area contributed by atoms with Crippen LogP contribution in [0.5, 0.6) is 0 Å². The van der Waals surface area contributed by atoms with E-state index in [0.29, 0.717) is 23.3 Å². The molecule has 7 heteroatoms. The van der Waals surface area contributed by atoms with Crippen molar-refractivity contribution in [2.75, 3.05) is 18.4 Å². The van der Waals surface area contributed by atoms with E-state index in [1.54, 1.807) is 0 Å². The zero-order chi connectivity index (χ0) is 18.4. The fourth-order valence-corrected chi connectivity index (χ4v) is 3.40. The van der Waals surface area contributed by atoms with Crippen molar-refractivity contribution >= 4 is 12.1 Å². The maximum Gasteiger partial charge on any atom is 0.249 e. The molecule has 0 radical (unpaired) electrons. The molecule has 1 aromatic carbocycles. The number of hydrogen-bond donors (Lipinski definition) is 2. The molecule has 0 saturated carbocycles. The number of aryl methyl sites for hydroxylation is 1. The number of benzene rings is 1. The number of amides is 1. The first kappa shape index (κ1) is 18.4. The van der Waals surface area contributed by atoms with Gasteiger partial charge in [-0.05, 0) is 30.9 Å². The molecule has 0 bridgehead atoms. The van der Waals surface area contributed by atoms with Crippen molar-refractivity contribution in [2.24, 2.45) is 0 Å². The molecule has 1 aliphatic rings. The first-order valence-corrected chi connectivity index (χ1v) is 9.33. The Labute approximate surface area is 153 Å². The van der Waals surface area contributed by atoms with Gasteiger partial charge < -0.3 is 9.73 Å². The molecule has 2 heterocycles. The van der Waals surface area contributed by atoms with Crippen LogP contribution in [0.2, 0.25) is 0 Å². The molecule has 0 fully saturated rings. The average molecular weight is 358 g/mol. The number of anilines is 1. The number of para-hydroxylation sites is 1. The van der Waals surface area contributed by atoms with E-state index in [1.807, 2.05) is 12.1 Å². The maximum atomic E-state index is 10.8. The molecule has 0 unspecified atom stereocenters. The lowest BCUT2D eigenvalue weighted by Crippen LogP contribution is -2.24. The Morgan fingerprint density at radius 1 is 1.38 bits per heavy atom. The molecule has 7 nitrogen and oxygen atoms in total. The predicted molar refractivity (Wildman–Crippen MR) is 98.0 cm³/mol. The topological polar surface area (TPSA) is 91.5 Å². The third-order valence-electron chi connectivity index (χ3n) is 4.78. The molecule has 1 aliphatic heterocycles. The quantitative estimate of drug-likeness (QED) is 0.308. The zero-order valence-corrected chi connectivity index (χ0v) is 15.1. The van der Waals surface area contributed by atoms with E-state index in [9.17, 15) is 10.0 Å². The third-order valence-corrected chi connectivity index (χ3v) is 4.78. The summed E-state index contributed by atoms with van der Waals surface area (Å²) < 4.78 is 5.96. The Kier molecular flexibility index (Phi) is 6.22. The monoisotopic (exact) mass is 358 g/mol. The van der Waals surface area contributed by atoms with Gasteiger partial charge in [-0.2, -0.15) is 0 Å². The number of fused-ring (bicyclic) bond motifs is 1. The Morgan fingerprint density at radius 2 is 2.27 bits per heavy atom.